The van der Waals surface area contributed by atoms with Gasteiger partial charge in [-0.2, -0.15) is 0 Å². The molecular formula is C12H7Br2ClFNO2S. The van der Waals surface area contributed by atoms with Crippen LogP contribution < -0.4 is 4.72 Å². The molecule has 0 spiro atoms. The number of benzene rings is 2. The van der Waals surface area contributed by atoms with Gasteiger partial charge in [0.25, 0.3) is 10.0 Å². The SMILES string of the molecule is O=S(=O)(Nc1c(F)cccc1Br)c1ccc(Br)cc1Cl. The highest BCUT2D eigenvalue weighted by atomic mass is 79.9. The van der Waals surface area contributed by atoms with Crippen LogP contribution in [0.1, 0.15) is 0 Å². The number of hydrogen-bond acceptors (Lipinski definition) is 2. The Morgan fingerprint density at radius 1 is 1.15 bits per heavy atom. The average molecular weight is 444 g/mol. The van der Waals surface area contributed by atoms with Crippen molar-refractivity contribution in [2.45, 2.75) is 4.90 Å². The maximum atomic E-state index is 13.7. The smallest absolute Gasteiger partial charge is 0.263 e. The van der Waals surface area contributed by atoms with Crippen LogP contribution in [0.4, 0.5) is 10.1 Å². The third-order valence-electron chi connectivity index (χ3n) is 2.38. The summed E-state index contributed by atoms with van der Waals surface area (Å²) in [7, 11) is -3.98. The van der Waals surface area contributed by atoms with Gasteiger partial charge in [-0.25, -0.2) is 12.8 Å². The van der Waals surface area contributed by atoms with Crippen molar-refractivity contribution in [2.75, 3.05) is 4.72 Å². The minimum atomic E-state index is -3.98. The summed E-state index contributed by atoms with van der Waals surface area (Å²) in [5, 5.41) is 0.0411. The molecule has 0 aliphatic rings. The maximum Gasteiger partial charge on any atom is 0.263 e. The van der Waals surface area contributed by atoms with Crippen LogP contribution in [0.3, 0.4) is 0 Å². The van der Waals surface area contributed by atoms with Crippen LogP contribution in [-0.4, -0.2) is 8.42 Å². The van der Waals surface area contributed by atoms with Crippen LogP contribution in [-0.2, 0) is 10.0 Å². The van der Waals surface area contributed by atoms with Gasteiger partial charge in [0.05, 0.1) is 10.7 Å². The highest BCUT2D eigenvalue weighted by molar-refractivity contribution is 9.10. The van der Waals surface area contributed by atoms with E-state index in [9.17, 15) is 12.8 Å². The van der Waals surface area contributed by atoms with Gasteiger partial charge in [-0.3, -0.25) is 4.72 Å². The van der Waals surface area contributed by atoms with E-state index < -0.39 is 15.8 Å². The summed E-state index contributed by atoms with van der Waals surface area (Å²) in [4.78, 5) is -0.127. The van der Waals surface area contributed by atoms with E-state index in [0.717, 1.165) is 6.07 Å². The van der Waals surface area contributed by atoms with Crippen molar-refractivity contribution in [2.24, 2.45) is 0 Å². The third kappa shape index (κ3) is 3.33. The quantitative estimate of drug-likeness (QED) is 0.741. The Labute approximate surface area is 137 Å². The predicted molar refractivity (Wildman–Crippen MR) is 84.1 cm³/mol. The average Bonchev–Trinajstić information content (AvgIpc) is 2.33. The number of para-hydroxylation sites is 1. The van der Waals surface area contributed by atoms with E-state index in [1.165, 1.54) is 30.3 Å². The molecule has 2 aromatic rings. The summed E-state index contributed by atoms with van der Waals surface area (Å²) in [5.74, 6) is -0.684. The normalized spacial score (nSPS) is 11.4. The third-order valence-corrected chi connectivity index (χ3v) is 5.37. The Morgan fingerprint density at radius 3 is 2.45 bits per heavy atom. The van der Waals surface area contributed by atoms with Crippen LogP contribution in [0, 0.1) is 5.82 Å². The zero-order valence-corrected chi connectivity index (χ0v) is 14.4. The van der Waals surface area contributed by atoms with E-state index in [4.69, 9.17) is 11.6 Å². The summed E-state index contributed by atoms with van der Waals surface area (Å²) >= 11 is 12.2. The van der Waals surface area contributed by atoms with Gasteiger partial charge in [0.15, 0.2) is 0 Å². The highest BCUT2D eigenvalue weighted by Crippen LogP contribution is 2.30. The fraction of sp³-hybridized carbons (Fsp3) is 0. The van der Waals surface area contributed by atoms with Crippen molar-refractivity contribution in [1.82, 2.24) is 0 Å². The van der Waals surface area contributed by atoms with E-state index >= 15 is 0 Å². The van der Waals surface area contributed by atoms with Gasteiger partial charge in [-0.15, -0.1) is 0 Å². The second-order valence-electron chi connectivity index (χ2n) is 3.78. The molecule has 2 aromatic carbocycles. The lowest BCUT2D eigenvalue weighted by Crippen LogP contribution is -2.15. The standard InChI is InChI=1S/C12H7Br2ClFNO2S/c13-7-4-5-11(9(15)6-7)20(18,19)17-12-8(14)2-1-3-10(12)16/h1-6,17H. The highest BCUT2D eigenvalue weighted by Gasteiger charge is 2.21. The first-order valence-corrected chi connectivity index (χ1v) is 8.68. The fourth-order valence-electron chi connectivity index (χ4n) is 1.48. The molecular weight excluding hydrogens is 436 g/mol. The Kier molecular flexibility index (Phi) is 4.73. The van der Waals surface area contributed by atoms with Crippen molar-refractivity contribution in [3.63, 3.8) is 0 Å². The Bertz CT molecular complexity index is 748. The molecule has 0 aromatic heterocycles. The molecule has 0 aliphatic heterocycles. The summed E-state index contributed by atoms with van der Waals surface area (Å²) in [6, 6.07) is 8.48. The van der Waals surface area contributed by atoms with Crippen molar-refractivity contribution in [3.05, 3.63) is 56.2 Å². The molecule has 0 heterocycles. The first-order chi connectivity index (χ1) is 9.31. The molecule has 0 saturated carbocycles. The molecule has 8 heteroatoms. The Hall–Kier alpha value is -0.630. The lowest BCUT2D eigenvalue weighted by atomic mass is 10.3. The number of sulfonamides is 1. The summed E-state index contributed by atoms with van der Waals surface area (Å²) < 4.78 is 41.3. The molecule has 0 amide bonds. The van der Waals surface area contributed by atoms with Crippen molar-refractivity contribution in [1.29, 1.82) is 0 Å². The molecule has 0 atom stereocenters. The summed E-state index contributed by atoms with van der Waals surface area (Å²) in [6.07, 6.45) is 0. The predicted octanol–water partition coefficient (Wildman–Crippen LogP) is 4.80. The van der Waals surface area contributed by atoms with Gasteiger partial charge < -0.3 is 0 Å². The maximum absolute atomic E-state index is 13.7. The van der Waals surface area contributed by atoms with Crippen LogP contribution >= 0.6 is 43.5 Å². The van der Waals surface area contributed by atoms with Crippen LogP contribution in [0.15, 0.2) is 50.2 Å². The van der Waals surface area contributed by atoms with Crippen LogP contribution in [0.5, 0.6) is 0 Å². The zero-order chi connectivity index (χ0) is 14.9. The number of halogens is 4. The molecule has 0 bridgehead atoms. The Balaban J connectivity index is 2.46. The molecule has 0 fully saturated rings. The number of anilines is 1. The van der Waals surface area contributed by atoms with E-state index in [2.05, 4.69) is 36.6 Å². The molecule has 106 valence electrons. The zero-order valence-electron chi connectivity index (χ0n) is 9.70. The van der Waals surface area contributed by atoms with Crippen LogP contribution in [0.2, 0.25) is 5.02 Å². The van der Waals surface area contributed by atoms with Crippen molar-refractivity contribution >= 4 is 59.2 Å². The van der Waals surface area contributed by atoms with E-state index in [0.29, 0.717) is 8.95 Å². The lowest BCUT2D eigenvalue weighted by molar-refractivity contribution is 0.598. The van der Waals surface area contributed by atoms with Gasteiger partial charge in [-0.1, -0.05) is 33.6 Å². The molecule has 20 heavy (non-hydrogen) atoms. The molecule has 0 saturated heterocycles. The second kappa shape index (κ2) is 6.01. The second-order valence-corrected chi connectivity index (χ2v) is 7.60. The van der Waals surface area contributed by atoms with E-state index in [1.807, 2.05) is 0 Å². The van der Waals surface area contributed by atoms with E-state index in [-0.39, 0.29) is 15.6 Å². The molecule has 3 nitrogen and oxygen atoms in total. The Morgan fingerprint density at radius 2 is 1.85 bits per heavy atom. The van der Waals surface area contributed by atoms with Crippen molar-refractivity contribution < 1.29 is 12.8 Å². The number of rotatable bonds is 3. The lowest BCUT2D eigenvalue weighted by Gasteiger charge is -2.11. The summed E-state index contributed by atoms with van der Waals surface area (Å²) in [5.41, 5.74) is -0.161. The monoisotopic (exact) mass is 441 g/mol. The number of hydrogen-bond donors (Lipinski definition) is 1. The first-order valence-electron chi connectivity index (χ1n) is 5.23. The molecule has 0 radical (unpaired) electrons. The fourth-order valence-corrected chi connectivity index (χ4v) is 4.18. The van der Waals surface area contributed by atoms with Gasteiger partial charge in [0.1, 0.15) is 10.7 Å². The van der Waals surface area contributed by atoms with Gasteiger partial charge in [0, 0.05) is 8.95 Å². The number of nitrogens with one attached hydrogen (secondary N) is 1. The summed E-state index contributed by atoms with van der Waals surface area (Å²) in [6.45, 7) is 0. The first kappa shape index (κ1) is 15.8. The molecule has 0 unspecified atom stereocenters. The largest absolute Gasteiger partial charge is 0.275 e. The van der Waals surface area contributed by atoms with Gasteiger partial charge in [-0.05, 0) is 46.3 Å². The van der Waals surface area contributed by atoms with Gasteiger partial charge >= 0.3 is 0 Å². The van der Waals surface area contributed by atoms with E-state index in [1.54, 1.807) is 0 Å². The van der Waals surface area contributed by atoms with Gasteiger partial charge in [0.2, 0.25) is 0 Å². The topological polar surface area (TPSA) is 46.2 Å². The van der Waals surface area contributed by atoms with Crippen LogP contribution in [0.25, 0.3) is 0 Å². The molecule has 1 N–H and O–H groups in total. The molecule has 0 aliphatic carbocycles. The minimum Gasteiger partial charge on any atom is -0.275 e. The minimum absolute atomic E-state index is 0.0411. The molecule has 2 rings (SSSR count). The van der Waals surface area contributed by atoms with Crippen molar-refractivity contribution in [3.8, 4) is 0 Å².